The minimum atomic E-state index is -0.124. The van der Waals surface area contributed by atoms with Crippen molar-refractivity contribution in [2.24, 2.45) is 0 Å². The number of fused-ring (bicyclic) bond motifs is 2. The van der Waals surface area contributed by atoms with Gasteiger partial charge >= 0.3 is 0 Å². The zero-order valence-electron chi connectivity index (χ0n) is 15.9. The van der Waals surface area contributed by atoms with E-state index in [1.165, 1.54) is 16.9 Å². The molecular weight excluding hydrogens is 372 g/mol. The number of methoxy groups -OCH3 is 2. The molecule has 2 heterocycles. The summed E-state index contributed by atoms with van der Waals surface area (Å²) in [5.41, 5.74) is 3.00. The minimum Gasteiger partial charge on any atom is -0.497 e. The maximum Gasteiger partial charge on any atom is 0.261 e. The summed E-state index contributed by atoms with van der Waals surface area (Å²) in [4.78, 5) is 18.9. The van der Waals surface area contributed by atoms with Crippen molar-refractivity contribution in [3.05, 3.63) is 64.5 Å². The largest absolute Gasteiger partial charge is 0.497 e. The van der Waals surface area contributed by atoms with Gasteiger partial charge < -0.3 is 14.8 Å². The van der Waals surface area contributed by atoms with Crippen LogP contribution in [0.1, 0.15) is 20.8 Å². The lowest BCUT2D eigenvalue weighted by molar-refractivity contribution is 0.0955. The normalized spacial score (nSPS) is 11.0. The highest BCUT2D eigenvalue weighted by Crippen LogP contribution is 2.28. The van der Waals surface area contributed by atoms with Gasteiger partial charge in [-0.25, -0.2) is 4.98 Å². The van der Waals surface area contributed by atoms with Crippen molar-refractivity contribution >= 4 is 38.4 Å². The average molecular weight is 392 g/mol. The molecule has 0 fully saturated rings. The summed E-state index contributed by atoms with van der Waals surface area (Å²) < 4.78 is 10.6. The van der Waals surface area contributed by atoms with Crippen LogP contribution in [0.2, 0.25) is 0 Å². The van der Waals surface area contributed by atoms with Gasteiger partial charge in [0.1, 0.15) is 16.3 Å². The van der Waals surface area contributed by atoms with Gasteiger partial charge in [0.25, 0.3) is 5.91 Å². The van der Waals surface area contributed by atoms with Crippen LogP contribution >= 0.6 is 11.3 Å². The molecule has 28 heavy (non-hydrogen) atoms. The fourth-order valence-electron chi connectivity index (χ4n) is 3.11. The molecule has 4 rings (SSSR count). The fraction of sp³-hybridized carbons (Fsp3) is 0.182. The fourth-order valence-corrected chi connectivity index (χ4v) is 4.05. The number of aryl methyl sites for hydroxylation is 1. The van der Waals surface area contributed by atoms with Crippen LogP contribution in [0.25, 0.3) is 21.1 Å². The van der Waals surface area contributed by atoms with E-state index in [4.69, 9.17) is 14.5 Å². The number of benzene rings is 2. The van der Waals surface area contributed by atoms with E-state index in [-0.39, 0.29) is 5.91 Å². The maximum atomic E-state index is 12.7. The van der Waals surface area contributed by atoms with E-state index in [1.807, 2.05) is 25.1 Å². The lowest BCUT2D eigenvalue weighted by Crippen LogP contribution is -2.22. The third-order valence-corrected chi connectivity index (χ3v) is 5.66. The summed E-state index contributed by atoms with van der Waals surface area (Å²) in [6.07, 6.45) is 0. The van der Waals surface area contributed by atoms with Gasteiger partial charge in [0.05, 0.1) is 24.6 Å². The number of thiophene rings is 1. The Morgan fingerprint density at radius 1 is 1.04 bits per heavy atom. The number of carbonyl (C=O) groups is 1. The monoisotopic (exact) mass is 392 g/mol. The van der Waals surface area contributed by atoms with Crippen LogP contribution in [0, 0.1) is 6.92 Å². The standard InChI is InChI=1S/C22H20N2O3S/c1-13-4-5-14-9-16-10-20(28-22(16)24-18(14)8-13)21(25)23-12-15-6-7-17(26-2)11-19(15)27-3/h4-11H,12H2,1-3H3,(H,23,25). The Morgan fingerprint density at radius 2 is 1.89 bits per heavy atom. The number of amides is 1. The van der Waals surface area contributed by atoms with E-state index in [9.17, 15) is 4.79 Å². The van der Waals surface area contributed by atoms with Crippen LogP contribution in [0.4, 0.5) is 0 Å². The summed E-state index contributed by atoms with van der Waals surface area (Å²) in [5.74, 6) is 1.27. The molecular formula is C22H20N2O3S. The van der Waals surface area contributed by atoms with Gasteiger partial charge in [-0.3, -0.25) is 4.79 Å². The molecule has 0 aliphatic carbocycles. The molecule has 0 aliphatic heterocycles. The molecule has 0 saturated carbocycles. The number of nitrogens with zero attached hydrogens (tertiary/aromatic N) is 1. The summed E-state index contributed by atoms with van der Waals surface area (Å²) in [7, 11) is 3.21. The van der Waals surface area contributed by atoms with Crippen molar-refractivity contribution in [1.82, 2.24) is 10.3 Å². The molecule has 6 heteroatoms. The second-order valence-electron chi connectivity index (χ2n) is 6.55. The first-order valence-electron chi connectivity index (χ1n) is 8.87. The summed E-state index contributed by atoms with van der Waals surface area (Å²) in [5, 5.41) is 5.02. The molecule has 0 atom stereocenters. The molecule has 0 aliphatic rings. The first-order chi connectivity index (χ1) is 13.6. The summed E-state index contributed by atoms with van der Waals surface area (Å²) in [6.45, 7) is 2.42. The van der Waals surface area contributed by atoms with Crippen LogP contribution in [-0.4, -0.2) is 25.1 Å². The van der Waals surface area contributed by atoms with E-state index in [1.54, 1.807) is 20.3 Å². The molecule has 4 aromatic rings. The highest BCUT2D eigenvalue weighted by Gasteiger charge is 2.13. The Balaban J connectivity index is 1.56. The van der Waals surface area contributed by atoms with Gasteiger partial charge in [0.15, 0.2) is 0 Å². The van der Waals surface area contributed by atoms with Crippen LogP contribution in [0.5, 0.6) is 11.5 Å². The lowest BCUT2D eigenvalue weighted by Gasteiger charge is -2.11. The highest BCUT2D eigenvalue weighted by molar-refractivity contribution is 7.20. The molecule has 0 spiro atoms. The molecule has 1 N–H and O–H groups in total. The molecule has 1 amide bonds. The van der Waals surface area contributed by atoms with E-state index in [2.05, 4.69) is 29.6 Å². The quantitative estimate of drug-likeness (QED) is 0.535. The van der Waals surface area contributed by atoms with Crippen LogP contribution in [0.3, 0.4) is 0 Å². The number of rotatable bonds is 5. The zero-order valence-corrected chi connectivity index (χ0v) is 16.7. The minimum absolute atomic E-state index is 0.124. The Bertz CT molecular complexity index is 1180. The molecule has 142 valence electrons. The lowest BCUT2D eigenvalue weighted by atomic mass is 10.1. The molecule has 0 radical (unpaired) electrons. The molecule has 0 unspecified atom stereocenters. The maximum absolute atomic E-state index is 12.7. The molecule has 2 aromatic heterocycles. The van der Waals surface area contributed by atoms with Crippen molar-refractivity contribution in [3.8, 4) is 11.5 Å². The van der Waals surface area contributed by atoms with Crippen molar-refractivity contribution in [1.29, 1.82) is 0 Å². The van der Waals surface area contributed by atoms with Crippen molar-refractivity contribution in [3.63, 3.8) is 0 Å². The molecule has 0 bridgehead atoms. The number of hydrogen-bond donors (Lipinski definition) is 1. The first kappa shape index (κ1) is 18.3. The number of hydrogen-bond acceptors (Lipinski definition) is 5. The van der Waals surface area contributed by atoms with Crippen LogP contribution < -0.4 is 14.8 Å². The number of ether oxygens (including phenoxy) is 2. The van der Waals surface area contributed by atoms with Crippen molar-refractivity contribution in [2.45, 2.75) is 13.5 Å². The zero-order chi connectivity index (χ0) is 19.7. The van der Waals surface area contributed by atoms with Gasteiger partial charge in [-0.15, -0.1) is 11.3 Å². The molecule has 2 aromatic carbocycles. The SMILES string of the molecule is COc1ccc(CNC(=O)c2cc3cc4ccc(C)cc4nc3s2)c(OC)c1. The first-order valence-corrected chi connectivity index (χ1v) is 9.69. The smallest absolute Gasteiger partial charge is 0.261 e. The number of aromatic nitrogens is 1. The second-order valence-corrected chi connectivity index (χ2v) is 7.58. The van der Waals surface area contributed by atoms with Crippen LogP contribution in [-0.2, 0) is 6.54 Å². The third kappa shape index (κ3) is 3.51. The predicted molar refractivity (Wildman–Crippen MR) is 113 cm³/mol. The van der Waals surface area contributed by atoms with E-state index >= 15 is 0 Å². The van der Waals surface area contributed by atoms with E-state index < -0.39 is 0 Å². The second kappa shape index (κ2) is 7.48. The van der Waals surface area contributed by atoms with Gasteiger partial charge in [-0.2, -0.15) is 0 Å². The van der Waals surface area contributed by atoms with E-state index in [0.717, 1.165) is 26.7 Å². The third-order valence-electron chi connectivity index (χ3n) is 4.62. The average Bonchev–Trinajstić information content (AvgIpc) is 3.13. The number of pyridine rings is 1. The van der Waals surface area contributed by atoms with Gasteiger partial charge in [0, 0.05) is 28.9 Å². The molecule has 5 nitrogen and oxygen atoms in total. The summed E-state index contributed by atoms with van der Waals surface area (Å²) >= 11 is 1.40. The van der Waals surface area contributed by atoms with E-state index in [0.29, 0.717) is 22.9 Å². The Morgan fingerprint density at radius 3 is 2.68 bits per heavy atom. The Labute approximate surface area is 166 Å². The van der Waals surface area contributed by atoms with Gasteiger partial charge in [-0.1, -0.05) is 12.1 Å². The number of carbonyl (C=O) groups excluding carboxylic acids is 1. The Kier molecular flexibility index (Phi) is 4.88. The van der Waals surface area contributed by atoms with Gasteiger partial charge in [-0.05, 0) is 42.8 Å². The predicted octanol–water partition coefficient (Wildman–Crippen LogP) is 4.71. The summed E-state index contributed by atoms with van der Waals surface area (Å²) in [6, 6.07) is 15.7. The Hall–Kier alpha value is -3.12. The van der Waals surface area contributed by atoms with Gasteiger partial charge in [0.2, 0.25) is 0 Å². The molecule has 0 saturated heterocycles. The van der Waals surface area contributed by atoms with Crippen LogP contribution in [0.15, 0.2) is 48.5 Å². The van der Waals surface area contributed by atoms with Crippen molar-refractivity contribution in [2.75, 3.05) is 14.2 Å². The van der Waals surface area contributed by atoms with Crippen molar-refractivity contribution < 1.29 is 14.3 Å². The highest BCUT2D eigenvalue weighted by atomic mass is 32.1. The topological polar surface area (TPSA) is 60.5 Å². The number of nitrogens with one attached hydrogen (secondary N) is 1.